The van der Waals surface area contributed by atoms with Crippen molar-refractivity contribution >= 4 is 24.4 Å². The van der Waals surface area contributed by atoms with E-state index in [4.69, 9.17) is 5.73 Å². The first-order chi connectivity index (χ1) is 5.54. The van der Waals surface area contributed by atoms with Gasteiger partial charge in [0.1, 0.15) is 6.04 Å². The third-order valence-corrected chi connectivity index (χ3v) is 2.21. The van der Waals surface area contributed by atoms with Gasteiger partial charge in [0.05, 0.1) is 5.25 Å². The van der Waals surface area contributed by atoms with Gasteiger partial charge in [-0.05, 0) is 13.3 Å². The number of amides is 2. The molecule has 4 nitrogen and oxygen atoms in total. The molecule has 0 aliphatic carbocycles. The Hall–Kier alpha value is -0.710. The number of nitrogens with zero attached hydrogens (tertiary/aromatic N) is 1. The fourth-order valence-electron chi connectivity index (χ4n) is 1.19. The molecule has 0 aromatic carbocycles. The van der Waals surface area contributed by atoms with Crippen molar-refractivity contribution < 1.29 is 9.59 Å². The van der Waals surface area contributed by atoms with Gasteiger partial charge in [0, 0.05) is 6.54 Å². The number of carbonyl (C=O) groups excluding carboxylic acids is 2. The first kappa shape index (κ1) is 9.38. The fourth-order valence-corrected chi connectivity index (χ4v) is 1.34. The Labute approximate surface area is 76.5 Å². The van der Waals surface area contributed by atoms with Crippen LogP contribution in [0.3, 0.4) is 0 Å². The topological polar surface area (TPSA) is 63.4 Å². The molecule has 1 aliphatic heterocycles. The predicted octanol–water partition coefficient (Wildman–Crippen LogP) is -0.609. The van der Waals surface area contributed by atoms with Crippen LogP contribution < -0.4 is 5.73 Å². The highest BCUT2D eigenvalue weighted by atomic mass is 32.1. The van der Waals surface area contributed by atoms with E-state index in [9.17, 15) is 9.59 Å². The van der Waals surface area contributed by atoms with Crippen LogP contribution in [0, 0.1) is 0 Å². The first-order valence-electron chi connectivity index (χ1n) is 3.82. The number of primary amides is 1. The Morgan fingerprint density at radius 2 is 2.25 bits per heavy atom. The van der Waals surface area contributed by atoms with Crippen molar-refractivity contribution in [3.63, 3.8) is 0 Å². The molecule has 68 valence electrons. The summed E-state index contributed by atoms with van der Waals surface area (Å²) in [5, 5.41) is -0.354. The predicted molar refractivity (Wildman–Crippen MR) is 47.8 cm³/mol. The average Bonchev–Trinajstić information content (AvgIpc) is 1.82. The molecule has 0 spiro atoms. The largest absolute Gasteiger partial charge is 0.368 e. The summed E-state index contributed by atoms with van der Waals surface area (Å²) in [6, 6.07) is -0.396. The van der Waals surface area contributed by atoms with Gasteiger partial charge in [0.15, 0.2) is 0 Å². The van der Waals surface area contributed by atoms with Gasteiger partial charge in [-0.25, -0.2) is 0 Å². The second-order valence-corrected chi connectivity index (χ2v) is 3.69. The summed E-state index contributed by atoms with van der Waals surface area (Å²) in [6.07, 6.45) is 0.682. The lowest BCUT2D eigenvalue weighted by molar-refractivity contribution is -0.145. The fraction of sp³-hybridized carbons (Fsp3) is 0.714. The summed E-state index contributed by atoms with van der Waals surface area (Å²) in [7, 11) is 0. The summed E-state index contributed by atoms with van der Waals surface area (Å²) >= 11 is 3.99. The molecule has 2 N–H and O–H groups in total. The van der Waals surface area contributed by atoms with Gasteiger partial charge in [-0.15, -0.1) is 0 Å². The number of likely N-dealkylation sites (tertiary alicyclic amines) is 1. The van der Waals surface area contributed by atoms with Crippen molar-refractivity contribution in [3.8, 4) is 0 Å². The van der Waals surface area contributed by atoms with Gasteiger partial charge in [0.25, 0.3) is 0 Å². The minimum Gasteiger partial charge on any atom is -0.368 e. The van der Waals surface area contributed by atoms with Crippen LogP contribution in [-0.2, 0) is 9.59 Å². The minimum absolute atomic E-state index is 0.117. The van der Waals surface area contributed by atoms with Crippen molar-refractivity contribution in [1.82, 2.24) is 4.90 Å². The maximum absolute atomic E-state index is 11.3. The number of hydrogen-bond donors (Lipinski definition) is 2. The molecule has 0 bridgehead atoms. The average molecular weight is 188 g/mol. The van der Waals surface area contributed by atoms with Crippen LogP contribution in [0.1, 0.15) is 13.3 Å². The number of nitrogens with two attached hydrogens (primary N) is 1. The Kier molecular flexibility index (Phi) is 2.62. The molecule has 5 heteroatoms. The van der Waals surface area contributed by atoms with E-state index >= 15 is 0 Å². The van der Waals surface area contributed by atoms with Gasteiger partial charge in [0.2, 0.25) is 11.8 Å². The number of thiol groups is 1. The summed E-state index contributed by atoms with van der Waals surface area (Å²) in [6.45, 7) is 2.30. The highest BCUT2D eigenvalue weighted by molar-refractivity contribution is 7.81. The summed E-state index contributed by atoms with van der Waals surface area (Å²) in [5.41, 5.74) is 5.07. The van der Waals surface area contributed by atoms with E-state index in [1.54, 1.807) is 6.92 Å². The molecular formula is C7H12N2O2S. The zero-order valence-corrected chi connectivity index (χ0v) is 7.75. The molecule has 1 aliphatic rings. The molecule has 1 rings (SSSR count). The van der Waals surface area contributed by atoms with E-state index in [0.717, 1.165) is 0 Å². The third-order valence-electron chi connectivity index (χ3n) is 1.99. The van der Waals surface area contributed by atoms with E-state index in [-0.39, 0.29) is 11.2 Å². The monoisotopic (exact) mass is 188 g/mol. The van der Waals surface area contributed by atoms with Crippen LogP contribution in [0.2, 0.25) is 0 Å². The molecule has 0 radical (unpaired) electrons. The smallest absolute Gasteiger partial charge is 0.240 e. The number of carbonyl (C=O) groups is 2. The maximum atomic E-state index is 11.3. The zero-order chi connectivity index (χ0) is 9.30. The van der Waals surface area contributed by atoms with Crippen LogP contribution in [0.15, 0.2) is 0 Å². The lowest BCUT2D eigenvalue weighted by Crippen LogP contribution is -2.58. The summed E-state index contributed by atoms with van der Waals surface area (Å²) < 4.78 is 0. The number of hydrogen-bond acceptors (Lipinski definition) is 3. The lowest BCUT2D eigenvalue weighted by atomic mass is 10.0. The van der Waals surface area contributed by atoms with E-state index in [0.29, 0.717) is 13.0 Å². The second kappa shape index (κ2) is 3.35. The molecule has 0 aromatic heterocycles. The van der Waals surface area contributed by atoms with Crippen molar-refractivity contribution in [2.45, 2.75) is 24.6 Å². The molecule has 0 saturated carbocycles. The van der Waals surface area contributed by atoms with E-state index in [1.165, 1.54) is 4.90 Å². The molecule has 1 heterocycles. The van der Waals surface area contributed by atoms with Crippen molar-refractivity contribution in [2.75, 3.05) is 6.54 Å². The molecule has 12 heavy (non-hydrogen) atoms. The van der Waals surface area contributed by atoms with Gasteiger partial charge < -0.3 is 10.6 Å². The molecule has 1 saturated heterocycles. The first-order valence-corrected chi connectivity index (χ1v) is 4.33. The van der Waals surface area contributed by atoms with Crippen LogP contribution >= 0.6 is 12.6 Å². The summed E-state index contributed by atoms with van der Waals surface area (Å²) in [5.74, 6) is -0.544. The van der Waals surface area contributed by atoms with Crippen LogP contribution in [-0.4, -0.2) is 34.6 Å². The second-order valence-electron chi connectivity index (χ2n) is 2.91. The maximum Gasteiger partial charge on any atom is 0.240 e. The number of rotatable bonds is 2. The van der Waals surface area contributed by atoms with Gasteiger partial charge in [-0.1, -0.05) is 0 Å². The van der Waals surface area contributed by atoms with Gasteiger partial charge >= 0.3 is 0 Å². The quantitative estimate of drug-likeness (QED) is 0.568. The molecule has 0 aromatic rings. The SMILES string of the molecule is CC(S)C(=O)N1CCC1C(N)=O. The Morgan fingerprint density at radius 1 is 1.67 bits per heavy atom. The molecule has 1 fully saturated rings. The molecular weight excluding hydrogens is 176 g/mol. The van der Waals surface area contributed by atoms with E-state index < -0.39 is 11.9 Å². The highest BCUT2D eigenvalue weighted by Gasteiger charge is 2.36. The van der Waals surface area contributed by atoms with Crippen LogP contribution in [0.25, 0.3) is 0 Å². The Morgan fingerprint density at radius 3 is 2.50 bits per heavy atom. The molecule has 2 unspecified atom stereocenters. The van der Waals surface area contributed by atoms with E-state index in [2.05, 4.69) is 12.6 Å². The van der Waals surface area contributed by atoms with Crippen LogP contribution in [0.5, 0.6) is 0 Å². The Bertz CT molecular complexity index is 217. The van der Waals surface area contributed by atoms with Gasteiger partial charge in [-0.3, -0.25) is 9.59 Å². The normalized spacial score (nSPS) is 24.5. The van der Waals surface area contributed by atoms with E-state index in [1.807, 2.05) is 0 Å². The third kappa shape index (κ3) is 1.55. The van der Waals surface area contributed by atoms with Gasteiger partial charge in [-0.2, -0.15) is 12.6 Å². The summed E-state index contributed by atoms with van der Waals surface area (Å²) in [4.78, 5) is 23.5. The highest BCUT2D eigenvalue weighted by Crippen LogP contribution is 2.18. The van der Waals surface area contributed by atoms with Crippen molar-refractivity contribution in [2.24, 2.45) is 5.73 Å². The minimum atomic E-state index is -0.427. The van der Waals surface area contributed by atoms with Crippen molar-refractivity contribution in [3.05, 3.63) is 0 Å². The molecule has 2 amide bonds. The zero-order valence-electron chi connectivity index (χ0n) is 6.86. The van der Waals surface area contributed by atoms with Crippen molar-refractivity contribution in [1.29, 1.82) is 0 Å². The van der Waals surface area contributed by atoms with Crippen LogP contribution in [0.4, 0.5) is 0 Å². The standard InChI is InChI=1S/C7H12N2O2S/c1-4(12)7(11)9-3-2-5(9)6(8)10/h4-5,12H,2-3H2,1H3,(H2,8,10). The lowest BCUT2D eigenvalue weighted by Gasteiger charge is -2.39. The molecule has 2 atom stereocenters. The Balaban J connectivity index is 2.55.